The van der Waals surface area contributed by atoms with Gasteiger partial charge in [0.05, 0.1) is 17.7 Å². The topological polar surface area (TPSA) is 96.0 Å². The summed E-state index contributed by atoms with van der Waals surface area (Å²) in [6.45, 7) is 5.59. The lowest BCUT2D eigenvalue weighted by Gasteiger charge is -2.33. The summed E-state index contributed by atoms with van der Waals surface area (Å²) in [6, 6.07) is 19.2. The van der Waals surface area contributed by atoms with Crippen LogP contribution in [0.3, 0.4) is 0 Å². The zero-order valence-electron chi connectivity index (χ0n) is 23.3. The number of rotatable bonds is 13. The average Bonchev–Trinajstić information content (AvgIpc) is 2.96. The molecular weight excluding hydrogens is 550 g/mol. The fraction of sp³-hybridized carbons (Fsp3) is 0.333. The summed E-state index contributed by atoms with van der Waals surface area (Å²) in [4.78, 5) is 28.7. The van der Waals surface area contributed by atoms with E-state index in [9.17, 15) is 18.0 Å². The molecule has 0 fully saturated rings. The van der Waals surface area contributed by atoms with Gasteiger partial charge in [0.25, 0.3) is 10.0 Å². The molecule has 214 valence electrons. The van der Waals surface area contributed by atoms with Crippen molar-refractivity contribution in [3.63, 3.8) is 0 Å². The maximum atomic E-state index is 14.1. The standard InChI is InChI=1S/C30H36ClN3O5S/c1-5-17-32-30(36)28(6-2)33(20-23-11-10-12-25(18-23)39-4)29(35)21-34(24-16-15-22(3)27(31)19-24)40(37,38)26-13-8-7-9-14-26/h7-16,18-19,28H,5-6,17,20-21H2,1-4H3,(H,32,36). The quantitative estimate of drug-likeness (QED) is 0.298. The van der Waals surface area contributed by atoms with Crippen LogP contribution in [0.2, 0.25) is 5.02 Å². The zero-order chi connectivity index (χ0) is 29.3. The third-order valence-electron chi connectivity index (χ3n) is 6.48. The van der Waals surface area contributed by atoms with Gasteiger partial charge in [-0.25, -0.2) is 8.42 Å². The van der Waals surface area contributed by atoms with Gasteiger partial charge in [-0.2, -0.15) is 0 Å². The Bertz CT molecular complexity index is 1420. The van der Waals surface area contributed by atoms with Crippen LogP contribution in [0, 0.1) is 6.92 Å². The van der Waals surface area contributed by atoms with Crippen LogP contribution in [-0.2, 0) is 26.2 Å². The summed E-state index contributed by atoms with van der Waals surface area (Å²) in [5.41, 5.74) is 1.76. The molecule has 3 rings (SSSR count). The lowest BCUT2D eigenvalue weighted by atomic mass is 10.1. The van der Waals surface area contributed by atoms with Crippen molar-refractivity contribution in [1.82, 2.24) is 10.2 Å². The van der Waals surface area contributed by atoms with Crippen molar-refractivity contribution in [3.05, 3.63) is 88.9 Å². The van der Waals surface area contributed by atoms with E-state index in [4.69, 9.17) is 16.3 Å². The summed E-state index contributed by atoms with van der Waals surface area (Å²) < 4.78 is 34.1. The van der Waals surface area contributed by atoms with Crippen molar-refractivity contribution in [1.29, 1.82) is 0 Å². The highest BCUT2D eigenvalue weighted by molar-refractivity contribution is 7.92. The number of nitrogens with zero attached hydrogens (tertiary/aromatic N) is 2. The second kappa shape index (κ2) is 14.2. The summed E-state index contributed by atoms with van der Waals surface area (Å²) in [5.74, 6) is -0.218. The van der Waals surface area contributed by atoms with E-state index < -0.39 is 28.5 Å². The first-order valence-electron chi connectivity index (χ1n) is 13.2. The fourth-order valence-corrected chi connectivity index (χ4v) is 5.84. The number of nitrogens with one attached hydrogen (secondary N) is 1. The Morgan fingerprint density at radius 1 is 1.00 bits per heavy atom. The van der Waals surface area contributed by atoms with Gasteiger partial charge in [0.2, 0.25) is 11.8 Å². The van der Waals surface area contributed by atoms with Gasteiger partial charge in [-0.1, -0.05) is 61.8 Å². The molecule has 0 saturated heterocycles. The number of ether oxygens (including phenoxy) is 1. The van der Waals surface area contributed by atoms with Gasteiger partial charge in [0.1, 0.15) is 18.3 Å². The highest BCUT2D eigenvalue weighted by Crippen LogP contribution is 2.29. The Balaban J connectivity index is 2.07. The summed E-state index contributed by atoms with van der Waals surface area (Å²) in [7, 11) is -2.61. The van der Waals surface area contributed by atoms with E-state index in [-0.39, 0.29) is 23.0 Å². The monoisotopic (exact) mass is 585 g/mol. The van der Waals surface area contributed by atoms with Gasteiger partial charge in [-0.15, -0.1) is 0 Å². The molecule has 2 amide bonds. The highest BCUT2D eigenvalue weighted by Gasteiger charge is 2.33. The number of hydrogen-bond donors (Lipinski definition) is 1. The Labute approximate surface area is 241 Å². The average molecular weight is 586 g/mol. The number of carbonyl (C=O) groups is 2. The Morgan fingerprint density at radius 2 is 1.73 bits per heavy atom. The molecule has 8 nitrogen and oxygen atoms in total. The molecule has 0 radical (unpaired) electrons. The molecule has 1 N–H and O–H groups in total. The predicted molar refractivity (Wildman–Crippen MR) is 158 cm³/mol. The third kappa shape index (κ3) is 7.55. The van der Waals surface area contributed by atoms with Gasteiger partial charge < -0.3 is 15.0 Å². The number of hydrogen-bond acceptors (Lipinski definition) is 5. The van der Waals surface area contributed by atoms with E-state index in [0.717, 1.165) is 21.9 Å². The number of carbonyl (C=O) groups excluding carboxylic acids is 2. The molecule has 0 saturated carbocycles. The van der Waals surface area contributed by atoms with Crippen molar-refractivity contribution >= 4 is 39.1 Å². The Hall–Kier alpha value is -3.56. The highest BCUT2D eigenvalue weighted by atomic mass is 35.5. The van der Waals surface area contributed by atoms with Crippen LogP contribution in [0.5, 0.6) is 5.75 Å². The van der Waals surface area contributed by atoms with Gasteiger partial charge >= 0.3 is 0 Å². The van der Waals surface area contributed by atoms with E-state index in [1.807, 2.05) is 26.8 Å². The first-order chi connectivity index (χ1) is 19.1. The SMILES string of the molecule is CCCNC(=O)C(CC)N(Cc1cccc(OC)c1)C(=O)CN(c1ccc(C)c(Cl)c1)S(=O)(=O)c1ccccc1. The van der Waals surface area contributed by atoms with Crippen molar-refractivity contribution in [3.8, 4) is 5.75 Å². The van der Waals surface area contributed by atoms with E-state index in [1.165, 1.54) is 23.1 Å². The molecule has 0 aliphatic heterocycles. The molecule has 1 atom stereocenters. The first-order valence-corrected chi connectivity index (χ1v) is 15.0. The molecule has 0 aromatic heterocycles. The summed E-state index contributed by atoms with van der Waals surface area (Å²) in [6.07, 6.45) is 1.08. The predicted octanol–water partition coefficient (Wildman–Crippen LogP) is 5.19. The minimum absolute atomic E-state index is 0.0339. The van der Waals surface area contributed by atoms with Crippen molar-refractivity contribution in [2.75, 3.05) is 24.5 Å². The van der Waals surface area contributed by atoms with Crippen molar-refractivity contribution in [2.45, 2.75) is 51.1 Å². The van der Waals surface area contributed by atoms with Crippen LogP contribution in [0.15, 0.2) is 77.7 Å². The summed E-state index contributed by atoms with van der Waals surface area (Å²) in [5, 5.41) is 3.25. The summed E-state index contributed by atoms with van der Waals surface area (Å²) >= 11 is 6.37. The van der Waals surface area contributed by atoms with Gasteiger partial charge in [0.15, 0.2) is 0 Å². The zero-order valence-corrected chi connectivity index (χ0v) is 24.8. The molecule has 10 heteroatoms. The van der Waals surface area contributed by atoms with Crippen LogP contribution in [0.4, 0.5) is 5.69 Å². The van der Waals surface area contributed by atoms with Crippen LogP contribution in [0.25, 0.3) is 0 Å². The lowest BCUT2D eigenvalue weighted by molar-refractivity contribution is -0.140. The maximum absolute atomic E-state index is 14.1. The minimum atomic E-state index is -4.16. The maximum Gasteiger partial charge on any atom is 0.264 e. The number of aryl methyl sites for hydroxylation is 1. The van der Waals surface area contributed by atoms with E-state index in [1.54, 1.807) is 55.6 Å². The fourth-order valence-electron chi connectivity index (χ4n) is 4.24. The second-order valence-corrected chi connectivity index (χ2v) is 11.6. The minimum Gasteiger partial charge on any atom is -0.497 e. The van der Waals surface area contributed by atoms with Gasteiger partial charge in [-0.05, 0) is 67.3 Å². The Kier molecular flexibility index (Phi) is 11.0. The van der Waals surface area contributed by atoms with E-state index in [2.05, 4.69) is 5.32 Å². The van der Waals surface area contributed by atoms with E-state index >= 15 is 0 Å². The number of methoxy groups -OCH3 is 1. The molecule has 0 aliphatic rings. The second-order valence-electron chi connectivity index (χ2n) is 9.35. The molecule has 0 aliphatic carbocycles. The number of anilines is 1. The molecule has 3 aromatic carbocycles. The third-order valence-corrected chi connectivity index (χ3v) is 8.67. The number of benzene rings is 3. The van der Waals surface area contributed by atoms with Crippen LogP contribution in [-0.4, -0.2) is 51.4 Å². The smallest absolute Gasteiger partial charge is 0.264 e. The molecule has 0 spiro atoms. The van der Waals surface area contributed by atoms with Gasteiger partial charge in [0, 0.05) is 18.1 Å². The molecule has 3 aromatic rings. The van der Waals surface area contributed by atoms with Crippen LogP contribution >= 0.6 is 11.6 Å². The van der Waals surface area contributed by atoms with Crippen molar-refractivity contribution < 1.29 is 22.7 Å². The van der Waals surface area contributed by atoms with Crippen LogP contribution < -0.4 is 14.4 Å². The van der Waals surface area contributed by atoms with Crippen LogP contribution in [0.1, 0.15) is 37.8 Å². The largest absolute Gasteiger partial charge is 0.497 e. The molecule has 40 heavy (non-hydrogen) atoms. The number of sulfonamides is 1. The molecule has 1 unspecified atom stereocenters. The van der Waals surface area contributed by atoms with Crippen molar-refractivity contribution in [2.24, 2.45) is 0 Å². The molecule has 0 heterocycles. The Morgan fingerprint density at radius 3 is 2.35 bits per heavy atom. The van der Waals surface area contributed by atoms with Gasteiger partial charge in [-0.3, -0.25) is 13.9 Å². The number of amides is 2. The molecular formula is C30H36ClN3O5S. The first kappa shape index (κ1) is 31.0. The van der Waals surface area contributed by atoms with E-state index in [0.29, 0.717) is 23.7 Å². The molecule has 0 bridgehead atoms. The number of halogens is 1. The lowest BCUT2D eigenvalue weighted by Crippen LogP contribution is -2.52. The normalized spacial score (nSPS) is 11.9.